The van der Waals surface area contributed by atoms with Gasteiger partial charge in [0.15, 0.2) is 11.5 Å². The molecule has 0 saturated heterocycles. The SMILES string of the molecule is Clc1nc2ccccc2c2nc(-c3ccccc3Br)nn12. The van der Waals surface area contributed by atoms with Crippen LogP contribution in [0.25, 0.3) is 27.9 Å². The Hall–Kier alpha value is -1.98. The molecule has 0 atom stereocenters. The van der Waals surface area contributed by atoms with E-state index in [1.807, 2.05) is 48.5 Å². The largest absolute Gasteiger partial charge is 0.226 e. The van der Waals surface area contributed by atoms with Gasteiger partial charge in [0, 0.05) is 15.4 Å². The van der Waals surface area contributed by atoms with Crippen LogP contribution in [0.3, 0.4) is 0 Å². The van der Waals surface area contributed by atoms with E-state index in [1.54, 1.807) is 4.52 Å². The Morgan fingerprint density at radius 3 is 2.57 bits per heavy atom. The van der Waals surface area contributed by atoms with Gasteiger partial charge in [0.1, 0.15) is 0 Å². The van der Waals surface area contributed by atoms with Crippen LogP contribution in [0, 0.1) is 0 Å². The number of nitrogens with zero attached hydrogens (tertiary/aromatic N) is 4. The Kier molecular flexibility index (Phi) is 2.90. The van der Waals surface area contributed by atoms with Gasteiger partial charge >= 0.3 is 0 Å². The van der Waals surface area contributed by atoms with Gasteiger partial charge in [-0.2, -0.15) is 4.52 Å². The first kappa shape index (κ1) is 12.7. The lowest BCUT2D eigenvalue weighted by Crippen LogP contribution is -1.94. The average Bonchev–Trinajstić information content (AvgIpc) is 2.94. The summed E-state index contributed by atoms with van der Waals surface area (Å²) in [6.07, 6.45) is 0. The highest BCUT2D eigenvalue weighted by Gasteiger charge is 2.14. The number of rotatable bonds is 1. The third-order valence-electron chi connectivity index (χ3n) is 3.25. The molecular formula is C15H8BrClN4. The van der Waals surface area contributed by atoms with E-state index in [4.69, 9.17) is 11.6 Å². The zero-order chi connectivity index (χ0) is 14.4. The molecule has 0 spiro atoms. The summed E-state index contributed by atoms with van der Waals surface area (Å²) in [5.41, 5.74) is 2.43. The molecule has 2 heterocycles. The average molecular weight is 360 g/mol. The van der Waals surface area contributed by atoms with Crippen LogP contribution in [-0.4, -0.2) is 19.6 Å². The number of aromatic nitrogens is 4. The van der Waals surface area contributed by atoms with E-state index < -0.39 is 0 Å². The smallest absolute Gasteiger partial charge is 0.218 e. The van der Waals surface area contributed by atoms with Gasteiger partial charge in [0.25, 0.3) is 0 Å². The minimum absolute atomic E-state index is 0.300. The lowest BCUT2D eigenvalue weighted by molar-refractivity contribution is 0.939. The zero-order valence-electron chi connectivity index (χ0n) is 10.7. The Morgan fingerprint density at radius 1 is 0.952 bits per heavy atom. The summed E-state index contributed by atoms with van der Waals surface area (Å²) >= 11 is 9.73. The monoisotopic (exact) mass is 358 g/mol. The fourth-order valence-corrected chi connectivity index (χ4v) is 2.95. The molecule has 0 amide bonds. The highest BCUT2D eigenvalue weighted by atomic mass is 79.9. The second-order valence-corrected chi connectivity index (χ2v) is 5.74. The lowest BCUT2D eigenvalue weighted by Gasteiger charge is -1.99. The molecule has 102 valence electrons. The molecule has 0 N–H and O–H groups in total. The predicted molar refractivity (Wildman–Crippen MR) is 86.4 cm³/mol. The van der Waals surface area contributed by atoms with Gasteiger partial charge in [-0.1, -0.05) is 40.2 Å². The number of benzene rings is 2. The molecule has 0 unspecified atom stereocenters. The van der Waals surface area contributed by atoms with Gasteiger partial charge in [-0.05, 0) is 35.9 Å². The minimum Gasteiger partial charge on any atom is -0.218 e. The van der Waals surface area contributed by atoms with E-state index in [0.29, 0.717) is 16.8 Å². The second kappa shape index (κ2) is 4.79. The van der Waals surface area contributed by atoms with Gasteiger partial charge in [-0.15, -0.1) is 5.10 Å². The molecule has 2 aromatic carbocycles. The van der Waals surface area contributed by atoms with Gasteiger partial charge < -0.3 is 0 Å². The molecule has 0 fully saturated rings. The van der Waals surface area contributed by atoms with Crippen LogP contribution in [0.1, 0.15) is 0 Å². The van der Waals surface area contributed by atoms with Crippen LogP contribution in [0.5, 0.6) is 0 Å². The van der Waals surface area contributed by atoms with Crippen molar-refractivity contribution in [3.8, 4) is 11.4 Å². The molecule has 21 heavy (non-hydrogen) atoms. The molecule has 0 bridgehead atoms. The fourth-order valence-electron chi connectivity index (χ4n) is 2.28. The molecule has 4 nitrogen and oxygen atoms in total. The van der Waals surface area contributed by atoms with Crippen LogP contribution < -0.4 is 0 Å². The van der Waals surface area contributed by atoms with Crippen molar-refractivity contribution in [1.82, 2.24) is 19.6 Å². The van der Waals surface area contributed by atoms with Crippen LogP contribution >= 0.6 is 27.5 Å². The molecule has 4 rings (SSSR count). The molecule has 0 aliphatic heterocycles. The maximum atomic E-state index is 6.21. The highest BCUT2D eigenvalue weighted by Crippen LogP contribution is 2.28. The first-order valence-electron chi connectivity index (χ1n) is 6.30. The van der Waals surface area contributed by atoms with Crippen molar-refractivity contribution in [3.63, 3.8) is 0 Å². The van der Waals surface area contributed by atoms with E-state index in [1.165, 1.54) is 0 Å². The summed E-state index contributed by atoms with van der Waals surface area (Å²) < 4.78 is 2.51. The molecule has 0 radical (unpaired) electrons. The first-order chi connectivity index (χ1) is 10.2. The van der Waals surface area contributed by atoms with E-state index >= 15 is 0 Å². The predicted octanol–water partition coefficient (Wildman–Crippen LogP) is 4.36. The fraction of sp³-hybridized carbons (Fsp3) is 0. The Labute approximate surface area is 133 Å². The summed E-state index contributed by atoms with van der Waals surface area (Å²) in [5.74, 6) is 0.613. The lowest BCUT2D eigenvalue weighted by atomic mass is 10.2. The van der Waals surface area contributed by atoms with E-state index in [-0.39, 0.29) is 0 Å². The maximum Gasteiger partial charge on any atom is 0.226 e. The van der Waals surface area contributed by atoms with Crippen LogP contribution in [0.2, 0.25) is 5.28 Å². The van der Waals surface area contributed by atoms with Crippen molar-refractivity contribution in [2.45, 2.75) is 0 Å². The van der Waals surface area contributed by atoms with E-state index in [2.05, 4.69) is 31.0 Å². The van der Waals surface area contributed by atoms with E-state index in [0.717, 1.165) is 20.9 Å². The normalized spacial score (nSPS) is 11.3. The number of hydrogen-bond acceptors (Lipinski definition) is 3. The number of hydrogen-bond donors (Lipinski definition) is 0. The topological polar surface area (TPSA) is 43.1 Å². The summed E-state index contributed by atoms with van der Waals surface area (Å²) in [5, 5.41) is 5.70. The Bertz CT molecular complexity index is 980. The standard InChI is InChI=1S/C15H8BrClN4/c16-11-7-3-1-5-9(11)13-19-14-10-6-2-4-8-12(10)18-15(17)21(14)20-13/h1-8H. The number of fused-ring (bicyclic) bond motifs is 3. The van der Waals surface area contributed by atoms with Crippen molar-refractivity contribution < 1.29 is 0 Å². The summed E-state index contributed by atoms with van der Waals surface area (Å²) in [4.78, 5) is 8.98. The highest BCUT2D eigenvalue weighted by molar-refractivity contribution is 9.10. The van der Waals surface area contributed by atoms with Crippen LogP contribution in [0.4, 0.5) is 0 Å². The summed E-state index contributed by atoms with van der Waals surface area (Å²) in [7, 11) is 0. The van der Waals surface area contributed by atoms with Crippen LogP contribution in [0.15, 0.2) is 53.0 Å². The third-order valence-corrected chi connectivity index (χ3v) is 4.19. The van der Waals surface area contributed by atoms with E-state index in [9.17, 15) is 0 Å². The van der Waals surface area contributed by atoms with Gasteiger partial charge in [-0.25, -0.2) is 9.97 Å². The molecule has 2 aromatic heterocycles. The molecule has 0 saturated carbocycles. The molecule has 0 aliphatic carbocycles. The first-order valence-corrected chi connectivity index (χ1v) is 7.47. The second-order valence-electron chi connectivity index (χ2n) is 4.55. The molecule has 6 heteroatoms. The molecule has 4 aromatic rings. The van der Waals surface area contributed by atoms with Crippen molar-refractivity contribution in [3.05, 3.63) is 58.3 Å². The quantitative estimate of drug-likeness (QED) is 0.474. The Balaban J connectivity index is 2.09. The van der Waals surface area contributed by atoms with Crippen molar-refractivity contribution in [1.29, 1.82) is 0 Å². The Morgan fingerprint density at radius 2 is 1.71 bits per heavy atom. The van der Waals surface area contributed by atoms with Crippen molar-refractivity contribution in [2.75, 3.05) is 0 Å². The summed E-state index contributed by atoms with van der Waals surface area (Å²) in [6.45, 7) is 0. The van der Waals surface area contributed by atoms with Gasteiger partial charge in [0.05, 0.1) is 5.52 Å². The summed E-state index contributed by atoms with van der Waals surface area (Å²) in [6, 6.07) is 15.6. The minimum atomic E-state index is 0.300. The zero-order valence-corrected chi connectivity index (χ0v) is 13.0. The number of halogens is 2. The maximum absolute atomic E-state index is 6.21. The van der Waals surface area contributed by atoms with Crippen molar-refractivity contribution >= 4 is 44.1 Å². The number of para-hydroxylation sites is 1. The van der Waals surface area contributed by atoms with Gasteiger partial charge in [0.2, 0.25) is 5.28 Å². The van der Waals surface area contributed by atoms with Gasteiger partial charge in [-0.3, -0.25) is 0 Å². The molecule has 0 aliphatic rings. The third kappa shape index (κ3) is 2.01. The van der Waals surface area contributed by atoms with Crippen LogP contribution in [-0.2, 0) is 0 Å². The van der Waals surface area contributed by atoms with Crippen molar-refractivity contribution in [2.24, 2.45) is 0 Å². The molecular weight excluding hydrogens is 352 g/mol.